The fourth-order valence-electron chi connectivity index (χ4n) is 4.16. The fourth-order valence-corrected chi connectivity index (χ4v) is 4.16. The van der Waals surface area contributed by atoms with Crippen LogP contribution in [0.4, 0.5) is 11.6 Å². The molecule has 9 heteroatoms. The highest BCUT2D eigenvalue weighted by Crippen LogP contribution is 2.29. The van der Waals surface area contributed by atoms with Crippen molar-refractivity contribution in [2.45, 2.75) is 19.1 Å². The van der Waals surface area contributed by atoms with Crippen LogP contribution < -0.4 is 14.5 Å². The molecule has 0 radical (unpaired) electrons. The Kier molecular flexibility index (Phi) is 6.00. The standard InChI is InChI=1S/C23H29N7O2/c1-28(2)23-24-12-17(13-25-23)14-29-6-8-30(9-7-29)18-3-4-21-20(11-18)22(27-16-26-21)32-19-5-10-31-15-19/h3-4,11-13,16,19H,5-10,14-15H2,1-2H3. The van der Waals surface area contributed by atoms with Gasteiger partial charge in [-0.3, -0.25) is 4.90 Å². The van der Waals surface area contributed by atoms with Crippen molar-refractivity contribution in [2.24, 2.45) is 0 Å². The molecular weight excluding hydrogens is 406 g/mol. The van der Waals surface area contributed by atoms with Crippen LogP contribution in [0.2, 0.25) is 0 Å². The Morgan fingerprint density at radius 3 is 2.59 bits per heavy atom. The number of ether oxygens (including phenoxy) is 2. The van der Waals surface area contributed by atoms with Crippen molar-refractivity contribution in [3.8, 4) is 5.88 Å². The van der Waals surface area contributed by atoms with E-state index in [1.54, 1.807) is 6.33 Å². The normalized spacial score (nSPS) is 19.4. The van der Waals surface area contributed by atoms with Crippen LogP contribution >= 0.6 is 0 Å². The van der Waals surface area contributed by atoms with Gasteiger partial charge in [0.15, 0.2) is 0 Å². The number of hydrogen-bond donors (Lipinski definition) is 0. The number of rotatable bonds is 6. The lowest BCUT2D eigenvalue weighted by molar-refractivity contribution is 0.139. The summed E-state index contributed by atoms with van der Waals surface area (Å²) in [6, 6.07) is 6.35. The maximum atomic E-state index is 6.12. The maximum Gasteiger partial charge on any atom is 0.224 e. The summed E-state index contributed by atoms with van der Waals surface area (Å²) in [7, 11) is 3.90. The summed E-state index contributed by atoms with van der Waals surface area (Å²) in [6.07, 6.45) is 6.39. The van der Waals surface area contributed by atoms with Gasteiger partial charge in [-0.05, 0) is 18.2 Å². The lowest BCUT2D eigenvalue weighted by atomic mass is 10.1. The summed E-state index contributed by atoms with van der Waals surface area (Å²) in [6.45, 7) is 6.13. The highest BCUT2D eigenvalue weighted by molar-refractivity contribution is 5.86. The molecule has 3 aromatic rings. The number of aromatic nitrogens is 4. The van der Waals surface area contributed by atoms with Crippen molar-refractivity contribution in [1.82, 2.24) is 24.8 Å². The van der Waals surface area contributed by atoms with Crippen LogP contribution in [-0.4, -0.2) is 84.4 Å². The maximum absolute atomic E-state index is 6.12. The van der Waals surface area contributed by atoms with Gasteiger partial charge in [-0.1, -0.05) is 0 Å². The second-order valence-corrected chi connectivity index (χ2v) is 8.53. The average molecular weight is 436 g/mol. The molecule has 2 aliphatic heterocycles. The molecule has 2 saturated heterocycles. The van der Waals surface area contributed by atoms with E-state index in [0.717, 1.165) is 68.2 Å². The molecule has 0 N–H and O–H groups in total. The summed E-state index contributed by atoms with van der Waals surface area (Å²) in [4.78, 5) is 24.4. The number of hydrogen-bond acceptors (Lipinski definition) is 9. The Bertz CT molecular complexity index is 1050. The molecule has 2 aliphatic rings. The Morgan fingerprint density at radius 1 is 1.06 bits per heavy atom. The van der Waals surface area contributed by atoms with E-state index in [0.29, 0.717) is 12.5 Å². The lowest BCUT2D eigenvalue weighted by Gasteiger charge is -2.36. The molecule has 0 aliphatic carbocycles. The quantitative estimate of drug-likeness (QED) is 0.577. The van der Waals surface area contributed by atoms with Gasteiger partial charge in [-0.2, -0.15) is 0 Å². The van der Waals surface area contributed by atoms with Crippen molar-refractivity contribution in [3.05, 3.63) is 42.5 Å². The van der Waals surface area contributed by atoms with E-state index >= 15 is 0 Å². The van der Waals surface area contributed by atoms with Gasteiger partial charge < -0.3 is 19.3 Å². The molecular formula is C23H29N7O2. The van der Waals surface area contributed by atoms with Crippen LogP contribution in [0.3, 0.4) is 0 Å². The van der Waals surface area contributed by atoms with Crippen molar-refractivity contribution < 1.29 is 9.47 Å². The minimum Gasteiger partial charge on any atom is -0.471 e. The van der Waals surface area contributed by atoms with E-state index in [1.807, 2.05) is 31.4 Å². The molecule has 4 heterocycles. The van der Waals surface area contributed by atoms with Crippen LogP contribution in [0.15, 0.2) is 36.9 Å². The number of nitrogens with zero attached hydrogens (tertiary/aromatic N) is 7. The fraction of sp³-hybridized carbons (Fsp3) is 0.478. The molecule has 32 heavy (non-hydrogen) atoms. The van der Waals surface area contributed by atoms with E-state index in [1.165, 1.54) is 5.69 Å². The second kappa shape index (κ2) is 9.22. The zero-order valence-electron chi connectivity index (χ0n) is 18.6. The molecule has 1 aromatic carbocycles. The van der Waals surface area contributed by atoms with Gasteiger partial charge in [0, 0.05) is 76.9 Å². The largest absolute Gasteiger partial charge is 0.471 e. The predicted molar refractivity (Wildman–Crippen MR) is 123 cm³/mol. The Labute approximate surface area is 188 Å². The first-order valence-electron chi connectivity index (χ1n) is 11.1. The van der Waals surface area contributed by atoms with Gasteiger partial charge >= 0.3 is 0 Å². The number of fused-ring (bicyclic) bond motifs is 1. The molecule has 1 unspecified atom stereocenters. The van der Waals surface area contributed by atoms with Crippen LogP contribution in [0, 0.1) is 0 Å². The molecule has 1 atom stereocenters. The minimum absolute atomic E-state index is 0.0658. The van der Waals surface area contributed by atoms with Crippen molar-refractivity contribution >= 4 is 22.5 Å². The third-order valence-corrected chi connectivity index (χ3v) is 5.98. The minimum atomic E-state index is 0.0658. The summed E-state index contributed by atoms with van der Waals surface area (Å²) < 4.78 is 11.6. The number of piperazine rings is 1. The SMILES string of the molecule is CN(C)c1ncc(CN2CCN(c3ccc4ncnc(OC5CCOC5)c4c3)CC2)cn1. The molecule has 0 saturated carbocycles. The molecule has 9 nitrogen and oxygen atoms in total. The van der Waals surface area contributed by atoms with E-state index in [2.05, 4.69) is 47.9 Å². The van der Waals surface area contributed by atoms with E-state index in [4.69, 9.17) is 9.47 Å². The third kappa shape index (κ3) is 4.58. The summed E-state index contributed by atoms with van der Waals surface area (Å²) >= 11 is 0. The van der Waals surface area contributed by atoms with Crippen LogP contribution in [0.5, 0.6) is 5.88 Å². The van der Waals surface area contributed by atoms with E-state index in [9.17, 15) is 0 Å². The van der Waals surface area contributed by atoms with Gasteiger partial charge in [0.25, 0.3) is 0 Å². The third-order valence-electron chi connectivity index (χ3n) is 5.98. The molecule has 2 fully saturated rings. The van der Waals surface area contributed by atoms with Crippen molar-refractivity contribution in [3.63, 3.8) is 0 Å². The molecule has 0 bridgehead atoms. The topological polar surface area (TPSA) is 79.7 Å². The Morgan fingerprint density at radius 2 is 1.88 bits per heavy atom. The molecule has 0 amide bonds. The lowest BCUT2D eigenvalue weighted by Crippen LogP contribution is -2.46. The average Bonchev–Trinajstić information content (AvgIpc) is 3.33. The first kappa shape index (κ1) is 20.8. The molecule has 168 valence electrons. The molecule has 2 aromatic heterocycles. The summed E-state index contributed by atoms with van der Waals surface area (Å²) in [5.41, 5.74) is 3.22. The van der Waals surface area contributed by atoms with Crippen LogP contribution in [-0.2, 0) is 11.3 Å². The van der Waals surface area contributed by atoms with Gasteiger partial charge in [0.2, 0.25) is 11.8 Å². The monoisotopic (exact) mass is 435 g/mol. The van der Waals surface area contributed by atoms with Gasteiger partial charge in [-0.25, -0.2) is 19.9 Å². The summed E-state index contributed by atoms with van der Waals surface area (Å²) in [5, 5.41) is 0.956. The summed E-state index contributed by atoms with van der Waals surface area (Å²) in [5.74, 6) is 1.38. The van der Waals surface area contributed by atoms with Gasteiger partial charge in [0.05, 0.1) is 24.1 Å². The first-order valence-corrected chi connectivity index (χ1v) is 11.1. The second-order valence-electron chi connectivity index (χ2n) is 8.53. The van der Waals surface area contributed by atoms with Crippen molar-refractivity contribution in [1.29, 1.82) is 0 Å². The molecule has 0 spiro atoms. The van der Waals surface area contributed by atoms with E-state index < -0.39 is 0 Å². The van der Waals surface area contributed by atoms with Gasteiger partial charge in [-0.15, -0.1) is 0 Å². The number of anilines is 2. The highest BCUT2D eigenvalue weighted by atomic mass is 16.5. The Balaban J connectivity index is 1.24. The van der Waals surface area contributed by atoms with E-state index in [-0.39, 0.29) is 6.10 Å². The van der Waals surface area contributed by atoms with Crippen molar-refractivity contribution in [2.75, 3.05) is 63.3 Å². The zero-order chi connectivity index (χ0) is 21.9. The molecule has 5 rings (SSSR count). The van der Waals surface area contributed by atoms with Gasteiger partial charge in [0.1, 0.15) is 12.4 Å². The predicted octanol–water partition coefficient (Wildman–Crippen LogP) is 1.98. The zero-order valence-corrected chi connectivity index (χ0v) is 18.6. The highest BCUT2D eigenvalue weighted by Gasteiger charge is 2.21. The van der Waals surface area contributed by atoms with Crippen LogP contribution in [0.25, 0.3) is 10.9 Å². The van der Waals surface area contributed by atoms with Crippen LogP contribution in [0.1, 0.15) is 12.0 Å². The Hall–Kier alpha value is -3.04. The smallest absolute Gasteiger partial charge is 0.224 e. The number of benzene rings is 1. The first-order chi connectivity index (χ1) is 15.7.